The highest BCUT2D eigenvalue weighted by atomic mass is 15.2. The smallest absolute Gasteiger partial charge is 0.128 e. The Bertz CT molecular complexity index is 354. The minimum Gasteiger partial charge on any atom is -0.357 e. The summed E-state index contributed by atoms with van der Waals surface area (Å²) in [6.07, 6.45) is 5.77. The molecule has 2 N–H and O–H groups in total. The second-order valence-corrected chi connectivity index (χ2v) is 5.07. The molecule has 1 atom stereocenters. The van der Waals surface area contributed by atoms with Crippen LogP contribution >= 0.6 is 0 Å². The van der Waals surface area contributed by atoms with Gasteiger partial charge in [0.15, 0.2) is 0 Å². The summed E-state index contributed by atoms with van der Waals surface area (Å²) in [5.74, 6) is 2.00. The highest BCUT2D eigenvalue weighted by molar-refractivity contribution is 5.42. The second kappa shape index (κ2) is 5.50. The van der Waals surface area contributed by atoms with E-state index in [1.165, 1.54) is 24.8 Å². The van der Waals surface area contributed by atoms with Crippen molar-refractivity contribution in [3.63, 3.8) is 0 Å². The van der Waals surface area contributed by atoms with Crippen molar-refractivity contribution in [2.24, 2.45) is 11.7 Å². The van der Waals surface area contributed by atoms with Crippen LogP contribution in [-0.4, -0.2) is 18.1 Å². The van der Waals surface area contributed by atoms with Gasteiger partial charge in [0.05, 0.1) is 0 Å². The zero-order valence-electron chi connectivity index (χ0n) is 10.9. The fourth-order valence-electron chi connectivity index (χ4n) is 2.46. The molecule has 17 heavy (non-hydrogen) atoms. The van der Waals surface area contributed by atoms with E-state index in [-0.39, 0.29) is 6.04 Å². The van der Waals surface area contributed by atoms with Gasteiger partial charge in [0.2, 0.25) is 0 Å². The zero-order chi connectivity index (χ0) is 12.3. The van der Waals surface area contributed by atoms with Crippen molar-refractivity contribution in [3.05, 3.63) is 23.9 Å². The van der Waals surface area contributed by atoms with E-state index < -0.39 is 0 Å². The molecule has 0 spiro atoms. The number of aromatic nitrogens is 1. The molecule has 0 radical (unpaired) electrons. The van der Waals surface area contributed by atoms with Crippen LogP contribution in [0.3, 0.4) is 0 Å². The summed E-state index contributed by atoms with van der Waals surface area (Å²) >= 11 is 0. The average molecular weight is 233 g/mol. The van der Waals surface area contributed by atoms with Gasteiger partial charge >= 0.3 is 0 Å². The van der Waals surface area contributed by atoms with Crippen LogP contribution in [0.15, 0.2) is 18.3 Å². The number of hydrogen-bond acceptors (Lipinski definition) is 3. The Kier molecular flexibility index (Phi) is 4.00. The van der Waals surface area contributed by atoms with E-state index >= 15 is 0 Å². The average Bonchev–Trinajstić information content (AvgIpc) is 2.39. The first-order valence-corrected chi connectivity index (χ1v) is 6.67. The first-order chi connectivity index (χ1) is 8.20. The molecule has 2 heterocycles. The molecular formula is C14H23N3. The summed E-state index contributed by atoms with van der Waals surface area (Å²) in [6.45, 7) is 6.57. The molecule has 2 rings (SSSR count). The van der Waals surface area contributed by atoms with Gasteiger partial charge in [0.1, 0.15) is 5.82 Å². The van der Waals surface area contributed by atoms with Crippen molar-refractivity contribution < 1.29 is 0 Å². The molecule has 1 unspecified atom stereocenters. The molecule has 1 aliphatic rings. The molecule has 0 aromatic carbocycles. The van der Waals surface area contributed by atoms with Crippen molar-refractivity contribution in [1.29, 1.82) is 0 Å². The minimum absolute atomic E-state index is 0.0879. The SMILES string of the molecule is CCC1CCN(c2cc(C(C)N)ccn2)CC1. The molecule has 94 valence electrons. The van der Waals surface area contributed by atoms with E-state index in [4.69, 9.17) is 5.73 Å². The Morgan fingerprint density at radius 3 is 2.76 bits per heavy atom. The minimum atomic E-state index is 0.0879. The number of hydrogen-bond donors (Lipinski definition) is 1. The van der Waals surface area contributed by atoms with Crippen molar-refractivity contribution in [2.75, 3.05) is 18.0 Å². The van der Waals surface area contributed by atoms with E-state index in [0.29, 0.717) is 0 Å². The van der Waals surface area contributed by atoms with Gasteiger partial charge in [0.25, 0.3) is 0 Å². The normalized spacial score (nSPS) is 19.4. The molecule has 1 saturated heterocycles. The first-order valence-electron chi connectivity index (χ1n) is 6.67. The highest BCUT2D eigenvalue weighted by Gasteiger charge is 2.18. The van der Waals surface area contributed by atoms with Crippen LogP contribution in [0.25, 0.3) is 0 Å². The topological polar surface area (TPSA) is 42.1 Å². The number of pyridine rings is 1. The molecule has 0 saturated carbocycles. The molecule has 0 bridgehead atoms. The van der Waals surface area contributed by atoms with Gasteiger partial charge in [-0.15, -0.1) is 0 Å². The number of nitrogens with two attached hydrogens (primary N) is 1. The van der Waals surface area contributed by atoms with E-state index in [1.807, 2.05) is 19.2 Å². The maximum atomic E-state index is 5.91. The maximum Gasteiger partial charge on any atom is 0.128 e. The van der Waals surface area contributed by atoms with E-state index in [9.17, 15) is 0 Å². The Morgan fingerprint density at radius 2 is 2.18 bits per heavy atom. The quantitative estimate of drug-likeness (QED) is 0.873. The number of rotatable bonds is 3. The first kappa shape index (κ1) is 12.4. The molecule has 1 aliphatic heterocycles. The van der Waals surface area contributed by atoms with E-state index in [2.05, 4.69) is 22.9 Å². The van der Waals surface area contributed by atoms with Gasteiger partial charge in [0, 0.05) is 25.3 Å². The number of piperidine rings is 1. The summed E-state index contributed by atoms with van der Waals surface area (Å²) in [5, 5.41) is 0. The van der Waals surface area contributed by atoms with Gasteiger partial charge < -0.3 is 10.6 Å². The molecule has 0 aliphatic carbocycles. The van der Waals surface area contributed by atoms with Crippen molar-refractivity contribution in [2.45, 2.75) is 39.2 Å². The van der Waals surface area contributed by atoms with Crippen molar-refractivity contribution >= 4 is 5.82 Å². The van der Waals surface area contributed by atoms with Crippen molar-refractivity contribution in [3.8, 4) is 0 Å². The molecule has 0 amide bonds. The summed E-state index contributed by atoms with van der Waals surface area (Å²) < 4.78 is 0. The van der Waals surface area contributed by atoms with Crippen molar-refractivity contribution in [1.82, 2.24) is 4.98 Å². The predicted octanol–water partition coefficient (Wildman–Crippen LogP) is 2.73. The van der Waals surface area contributed by atoms with Crippen LogP contribution in [-0.2, 0) is 0 Å². The zero-order valence-corrected chi connectivity index (χ0v) is 10.9. The van der Waals surface area contributed by atoms with Crippen LogP contribution in [0, 0.1) is 5.92 Å². The molecule has 3 heteroatoms. The molecule has 1 aromatic rings. The lowest BCUT2D eigenvalue weighted by Gasteiger charge is -2.32. The summed E-state index contributed by atoms with van der Waals surface area (Å²) in [5.41, 5.74) is 7.08. The third-order valence-corrected chi connectivity index (χ3v) is 3.81. The van der Waals surface area contributed by atoms with E-state index in [0.717, 1.165) is 24.8 Å². The van der Waals surface area contributed by atoms with Gasteiger partial charge in [-0.25, -0.2) is 4.98 Å². The summed E-state index contributed by atoms with van der Waals surface area (Å²) in [6, 6.07) is 4.23. The predicted molar refractivity (Wildman–Crippen MR) is 72.1 cm³/mol. The molecule has 1 fully saturated rings. The lowest BCUT2D eigenvalue weighted by molar-refractivity contribution is 0.393. The number of anilines is 1. The van der Waals surface area contributed by atoms with Crippen LogP contribution in [0.1, 0.15) is 44.7 Å². The highest BCUT2D eigenvalue weighted by Crippen LogP contribution is 2.24. The van der Waals surface area contributed by atoms with Gasteiger partial charge in [-0.2, -0.15) is 0 Å². The van der Waals surface area contributed by atoms with Gasteiger partial charge in [-0.1, -0.05) is 13.3 Å². The second-order valence-electron chi connectivity index (χ2n) is 5.07. The lowest BCUT2D eigenvalue weighted by Crippen LogP contribution is -2.34. The van der Waals surface area contributed by atoms with Crippen LogP contribution in [0.4, 0.5) is 5.82 Å². The Balaban J connectivity index is 2.05. The third-order valence-electron chi connectivity index (χ3n) is 3.81. The Labute approximate surface area is 104 Å². The van der Waals surface area contributed by atoms with E-state index in [1.54, 1.807) is 0 Å². The lowest BCUT2D eigenvalue weighted by atomic mass is 9.94. The Morgan fingerprint density at radius 1 is 1.47 bits per heavy atom. The summed E-state index contributed by atoms with van der Waals surface area (Å²) in [4.78, 5) is 6.85. The fourth-order valence-corrected chi connectivity index (χ4v) is 2.46. The third kappa shape index (κ3) is 2.97. The van der Waals surface area contributed by atoms with Gasteiger partial charge in [-0.3, -0.25) is 0 Å². The molecule has 3 nitrogen and oxygen atoms in total. The monoisotopic (exact) mass is 233 g/mol. The summed E-state index contributed by atoms with van der Waals surface area (Å²) in [7, 11) is 0. The standard InChI is InChI=1S/C14H23N3/c1-3-12-5-8-17(9-6-12)14-10-13(11(2)15)4-7-16-14/h4,7,10-12H,3,5-6,8-9,15H2,1-2H3. The van der Waals surface area contributed by atoms with Crippen LogP contribution in [0.2, 0.25) is 0 Å². The largest absolute Gasteiger partial charge is 0.357 e. The fraction of sp³-hybridized carbons (Fsp3) is 0.643. The van der Waals surface area contributed by atoms with Gasteiger partial charge in [-0.05, 0) is 43.4 Å². The molecule has 1 aromatic heterocycles. The van der Waals surface area contributed by atoms with Crippen LogP contribution in [0.5, 0.6) is 0 Å². The van der Waals surface area contributed by atoms with Crippen LogP contribution < -0.4 is 10.6 Å². The molecular weight excluding hydrogens is 210 g/mol. The number of nitrogens with zero attached hydrogens (tertiary/aromatic N) is 2. The maximum absolute atomic E-state index is 5.91. The Hall–Kier alpha value is -1.09.